The zero-order chi connectivity index (χ0) is 15.3. The Morgan fingerprint density at radius 3 is 1.70 bits per heavy atom. The number of hydrogen-bond donors (Lipinski definition) is 1. The molecule has 2 unspecified atom stereocenters. The van der Waals surface area contributed by atoms with E-state index in [4.69, 9.17) is 0 Å². The standard InChI is InChI=1S/C19H33N/c1-8-15-11-16(9-2)18(17(10-3)12-15)19(20-7)14(6)13(4)5/h11-14,19-20H,8-10H2,1-7H3. The van der Waals surface area contributed by atoms with Crippen molar-refractivity contribution in [1.29, 1.82) is 0 Å². The molecule has 0 heterocycles. The van der Waals surface area contributed by atoms with Gasteiger partial charge in [0.25, 0.3) is 0 Å². The zero-order valence-electron chi connectivity index (χ0n) is 14.5. The second kappa shape index (κ2) is 7.83. The minimum absolute atomic E-state index is 0.464. The summed E-state index contributed by atoms with van der Waals surface area (Å²) in [5.41, 5.74) is 6.12. The van der Waals surface area contributed by atoms with Gasteiger partial charge >= 0.3 is 0 Å². The fourth-order valence-corrected chi connectivity index (χ4v) is 3.09. The van der Waals surface area contributed by atoms with Crippen molar-refractivity contribution >= 4 is 0 Å². The lowest BCUT2D eigenvalue weighted by molar-refractivity contribution is 0.314. The van der Waals surface area contributed by atoms with Gasteiger partial charge in [0.05, 0.1) is 0 Å². The van der Waals surface area contributed by atoms with Crippen molar-refractivity contribution in [2.24, 2.45) is 11.8 Å². The molecule has 0 aromatic heterocycles. The Kier molecular flexibility index (Phi) is 6.75. The van der Waals surface area contributed by atoms with Crippen LogP contribution in [0, 0.1) is 11.8 Å². The van der Waals surface area contributed by atoms with E-state index in [-0.39, 0.29) is 0 Å². The minimum atomic E-state index is 0.464. The largest absolute Gasteiger partial charge is 0.313 e. The number of aryl methyl sites for hydroxylation is 3. The fourth-order valence-electron chi connectivity index (χ4n) is 3.09. The molecular formula is C19H33N. The molecule has 0 amide bonds. The third kappa shape index (κ3) is 3.63. The normalized spacial score (nSPS) is 14.6. The van der Waals surface area contributed by atoms with E-state index in [2.05, 4.69) is 66.0 Å². The molecule has 1 nitrogen and oxygen atoms in total. The molecule has 0 radical (unpaired) electrons. The maximum atomic E-state index is 3.59. The highest BCUT2D eigenvalue weighted by molar-refractivity contribution is 5.42. The molecule has 114 valence electrons. The maximum absolute atomic E-state index is 3.59. The fraction of sp³-hybridized carbons (Fsp3) is 0.684. The van der Waals surface area contributed by atoms with Crippen molar-refractivity contribution in [3.05, 3.63) is 34.4 Å². The average molecular weight is 275 g/mol. The van der Waals surface area contributed by atoms with Gasteiger partial charge < -0.3 is 5.32 Å². The van der Waals surface area contributed by atoms with Gasteiger partial charge in [-0.1, -0.05) is 53.7 Å². The van der Waals surface area contributed by atoms with Crippen LogP contribution in [0.25, 0.3) is 0 Å². The quantitative estimate of drug-likeness (QED) is 0.744. The highest BCUT2D eigenvalue weighted by Crippen LogP contribution is 2.33. The van der Waals surface area contributed by atoms with Crippen LogP contribution in [0.4, 0.5) is 0 Å². The van der Waals surface area contributed by atoms with E-state index < -0.39 is 0 Å². The van der Waals surface area contributed by atoms with Gasteiger partial charge in [0.2, 0.25) is 0 Å². The molecule has 2 atom stereocenters. The highest BCUT2D eigenvalue weighted by atomic mass is 14.9. The van der Waals surface area contributed by atoms with Crippen molar-refractivity contribution in [3.8, 4) is 0 Å². The molecule has 1 heteroatoms. The van der Waals surface area contributed by atoms with Gasteiger partial charge in [0.1, 0.15) is 0 Å². The molecule has 20 heavy (non-hydrogen) atoms. The predicted molar refractivity (Wildman–Crippen MR) is 90.4 cm³/mol. The van der Waals surface area contributed by atoms with Gasteiger partial charge in [0, 0.05) is 6.04 Å². The van der Waals surface area contributed by atoms with Crippen molar-refractivity contribution in [3.63, 3.8) is 0 Å². The van der Waals surface area contributed by atoms with Gasteiger partial charge in [0.15, 0.2) is 0 Å². The van der Waals surface area contributed by atoms with Crippen LogP contribution in [0.3, 0.4) is 0 Å². The second-order valence-electron chi connectivity index (χ2n) is 6.26. The molecule has 0 fully saturated rings. The van der Waals surface area contributed by atoms with E-state index in [1.165, 1.54) is 16.7 Å². The summed E-state index contributed by atoms with van der Waals surface area (Å²) in [6.07, 6.45) is 3.38. The molecule has 0 spiro atoms. The van der Waals surface area contributed by atoms with Crippen molar-refractivity contribution in [2.75, 3.05) is 7.05 Å². The van der Waals surface area contributed by atoms with Gasteiger partial charge in [-0.05, 0) is 60.4 Å². The van der Waals surface area contributed by atoms with Crippen LogP contribution in [0.2, 0.25) is 0 Å². The van der Waals surface area contributed by atoms with Crippen molar-refractivity contribution in [1.82, 2.24) is 5.32 Å². The monoisotopic (exact) mass is 275 g/mol. The van der Waals surface area contributed by atoms with Gasteiger partial charge in [-0.25, -0.2) is 0 Å². The topological polar surface area (TPSA) is 12.0 Å². The third-order valence-electron chi connectivity index (χ3n) is 4.78. The van der Waals surface area contributed by atoms with Crippen LogP contribution in [-0.2, 0) is 19.3 Å². The third-order valence-corrected chi connectivity index (χ3v) is 4.78. The Hall–Kier alpha value is -0.820. The predicted octanol–water partition coefficient (Wildman–Crippen LogP) is 4.93. The number of benzene rings is 1. The summed E-state index contributed by atoms with van der Waals surface area (Å²) in [7, 11) is 2.11. The lowest BCUT2D eigenvalue weighted by Gasteiger charge is -2.31. The molecule has 0 aliphatic carbocycles. The SMILES string of the molecule is CCc1cc(CC)c(C(NC)C(C)C(C)C)c(CC)c1. The number of rotatable bonds is 7. The van der Waals surface area contributed by atoms with Crippen LogP contribution in [0.15, 0.2) is 12.1 Å². The second-order valence-corrected chi connectivity index (χ2v) is 6.26. The summed E-state index contributed by atoms with van der Waals surface area (Å²) in [5, 5.41) is 3.59. The maximum Gasteiger partial charge on any atom is 0.0351 e. The molecule has 1 rings (SSSR count). The van der Waals surface area contributed by atoms with Crippen molar-refractivity contribution in [2.45, 2.75) is 66.8 Å². The first-order valence-corrected chi connectivity index (χ1v) is 8.31. The summed E-state index contributed by atoms with van der Waals surface area (Å²) in [4.78, 5) is 0. The Bertz CT molecular complexity index is 395. The molecule has 1 aromatic carbocycles. The summed E-state index contributed by atoms with van der Waals surface area (Å²) in [6, 6.07) is 5.31. The van der Waals surface area contributed by atoms with Crippen LogP contribution in [0.1, 0.15) is 69.8 Å². The van der Waals surface area contributed by atoms with E-state index in [1.54, 1.807) is 5.56 Å². The summed E-state index contributed by atoms with van der Waals surface area (Å²) in [5.74, 6) is 1.33. The van der Waals surface area contributed by atoms with Crippen LogP contribution in [-0.4, -0.2) is 7.05 Å². The Balaban J connectivity index is 3.39. The van der Waals surface area contributed by atoms with E-state index >= 15 is 0 Å². The number of hydrogen-bond acceptors (Lipinski definition) is 1. The van der Waals surface area contributed by atoms with E-state index in [0.717, 1.165) is 19.3 Å². The molecule has 0 saturated carbocycles. The molecular weight excluding hydrogens is 242 g/mol. The van der Waals surface area contributed by atoms with Gasteiger partial charge in [-0.3, -0.25) is 0 Å². The number of nitrogens with one attached hydrogen (secondary N) is 1. The molecule has 0 aliphatic rings. The van der Waals surface area contributed by atoms with Gasteiger partial charge in [-0.15, -0.1) is 0 Å². The van der Waals surface area contributed by atoms with Crippen LogP contribution in [0.5, 0.6) is 0 Å². The minimum Gasteiger partial charge on any atom is -0.313 e. The van der Waals surface area contributed by atoms with E-state index in [9.17, 15) is 0 Å². The Morgan fingerprint density at radius 2 is 1.40 bits per heavy atom. The summed E-state index contributed by atoms with van der Waals surface area (Å²) in [6.45, 7) is 13.8. The molecule has 1 N–H and O–H groups in total. The zero-order valence-corrected chi connectivity index (χ0v) is 14.5. The smallest absolute Gasteiger partial charge is 0.0351 e. The molecule has 1 aromatic rings. The molecule has 0 saturated heterocycles. The summed E-state index contributed by atoms with van der Waals surface area (Å²) < 4.78 is 0. The highest BCUT2D eigenvalue weighted by Gasteiger charge is 2.24. The van der Waals surface area contributed by atoms with Crippen LogP contribution < -0.4 is 5.32 Å². The molecule has 0 aliphatic heterocycles. The molecule has 0 bridgehead atoms. The lowest BCUT2D eigenvalue weighted by Crippen LogP contribution is -2.29. The first-order valence-electron chi connectivity index (χ1n) is 8.31. The van der Waals surface area contributed by atoms with Crippen molar-refractivity contribution < 1.29 is 0 Å². The van der Waals surface area contributed by atoms with E-state index in [1.807, 2.05) is 0 Å². The first kappa shape index (κ1) is 17.2. The van der Waals surface area contributed by atoms with Gasteiger partial charge in [-0.2, -0.15) is 0 Å². The van der Waals surface area contributed by atoms with Crippen LogP contribution >= 0.6 is 0 Å². The Labute approximate surface area is 126 Å². The first-order chi connectivity index (χ1) is 9.49. The van der Waals surface area contributed by atoms with E-state index in [0.29, 0.717) is 17.9 Å². The summed E-state index contributed by atoms with van der Waals surface area (Å²) >= 11 is 0. The average Bonchev–Trinajstić information content (AvgIpc) is 2.47. The Morgan fingerprint density at radius 1 is 0.900 bits per heavy atom. The lowest BCUT2D eigenvalue weighted by atomic mass is 9.80.